The van der Waals surface area contributed by atoms with Crippen LogP contribution < -0.4 is 10.2 Å². The van der Waals surface area contributed by atoms with E-state index in [-0.39, 0.29) is 18.5 Å². The zero-order valence-electron chi connectivity index (χ0n) is 18.4. The summed E-state index contributed by atoms with van der Waals surface area (Å²) in [5.74, 6) is -0.174. The normalized spacial score (nSPS) is 10.9. The molecular formula is C24H23Br2N3O4. The van der Waals surface area contributed by atoms with Crippen molar-refractivity contribution in [2.75, 3.05) is 13.2 Å². The van der Waals surface area contributed by atoms with E-state index in [0.29, 0.717) is 17.9 Å². The second-order valence-corrected chi connectivity index (χ2v) is 8.86. The highest BCUT2D eigenvalue weighted by atomic mass is 79.9. The number of hydrazone groups is 1. The molecule has 0 fully saturated rings. The van der Waals surface area contributed by atoms with Crippen molar-refractivity contribution < 1.29 is 19.1 Å². The highest BCUT2D eigenvalue weighted by molar-refractivity contribution is 9.11. The van der Waals surface area contributed by atoms with Crippen molar-refractivity contribution in [1.82, 2.24) is 9.99 Å². The van der Waals surface area contributed by atoms with Crippen LogP contribution >= 0.6 is 31.9 Å². The lowest BCUT2D eigenvalue weighted by Crippen LogP contribution is -2.24. The van der Waals surface area contributed by atoms with E-state index in [0.717, 1.165) is 31.6 Å². The van der Waals surface area contributed by atoms with Crippen LogP contribution in [0.1, 0.15) is 34.2 Å². The molecule has 2 aromatic carbocycles. The molecule has 1 heterocycles. The lowest BCUT2D eigenvalue weighted by atomic mass is 10.2. The third-order valence-electron chi connectivity index (χ3n) is 4.73. The van der Waals surface area contributed by atoms with Gasteiger partial charge in [0.1, 0.15) is 5.75 Å². The first kappa shape index (κ1) is 24.7. The SMILES string of the molecule is CCOC(=O)c1cccc(-n2c(C)cc(/C=N/NC(=O)COc3ccc(Br)cc3Br)c2C)c1. The number of carbonyl (C=O) groups excluding carboxylic acids is 2. The zero-order chi connectivity index (χ0) is 24.0. The van der Waals surface area contributed by atoms with Crippen molar-refractivity contribution in [3.63, 3.8) is 0 Å². The molecule has 0 spiro atoms. The second-order valence-electron chi connectivity index (χ2n) is 7.09. The summed E-state index contributed by atoms with van der Waals surface area (Å²) >= 11 is 6.76. The van der Waals surface area contributed by atoms with E-state index < -0.39 is 0 Å². The van der Waals surface area contributed by atoms with Gasteiger partial charge in [0.25, 0.3) is 5.91 Å². The lowest BCUT2D eigenvalue weighted by molar-refractivity contribution is -0.123. The first-order valence-electron chi connectivity index (χ1n) is 10.2. The largest absolute Gasteiger partial charge is 0.483 e. The molecule has 1 aromatic heterocycles. The van der Waals surface area contributed by atoms with Crippen molar-refractivity contribution in [2.24, 2.45) is 5.10 Å². The first-order chi connectivity index (χ1) is 15.8. The van der Waals surface area contributed by atoms with Gasteiger partial charge in [0, 0.05) is 27.1 Å². The molecule has 0 atom stereocenters. The molecule has 0 radical (unpaired) electrons. The van der Waals surface area contributed by atoms with Crippen LogP contribution in [0.5, 0.6) is 5.75 Å². The Labute approximate surface area is 209 Å². The number of amides is 1. The summed E-state index contributed by atoms with van der Waals surface area (Å²) in [7, 11) is 0. The van der Waals surface area contributed by atoms with Crippen molar-refractivity contribution in [2.45, 2.75) is 20.8 Å². The standard InChI is InChI=1S/C24H23Br2N3O4/c1-4-32-24(31)17-6-5-7-20(11-17)29-15(2)10-18(16(29)3)13-27-28-23(30)14-33-22-9-8-19(25)12-21(22)26/h5-13H,4,14H2,1-3H3,(H,28,30)/b27-13+. The number of nitrogens with one attached hydrogen (secondary N) is 1. The molecule has 0 bridgehead atoms. The van der Waals surface area contributed by atoms with Crippen LogP contribution in [-0.4, -0.2) is 35.9 Å². The summed E-state index contributed by atoms with van der Waals surface area (Å²) in [6, 6.07) is 14.6. The summed E-state index contributed by atoms with van der Waals surface area (Å²) in [6.45, 7) is 5.84. The highest BCUT2D eigenvalue weighted by Gasteiger charge is 2.13. The van der Waals surface area contributed by atoms with Gasteiger partial charge in [0.2, 0.25) is 0 Å². The monoisotopic (exact) mass is 575 g/mol. The Balaban J connectivity index is 1.67. The molecule has 0 saturated carbocycles. The van der Waals surface area contributed by atoms with E-state index in [1.807, 2.05) is 48.7 Å². The average molecular weight is 577 g/mol. The second kappa shape index (κ2) is 11.3. The predicted octanol–water partition coefficient (Wildman–Crippen LogP) is 5.32. The Morgan fingerprint density at radius 2 is 1.91 bits per heavy atom. The minimum atomic E-state index is -0.378. The molecule has 0 saturated heterocycles. The Morgan fingerprint density at radius 1 is 1.12 bits per heavy atom. The number of benzene rings is 2. The average Bonchev–Trinajstić information content (AvgIpc) is 3.06. The summed E-state index contributed by atoms with van der Waals surface area (Å²) in [4.78, 5) is 24.2. The highest BCUT2D eigenvalue weighted by Crippen LogP contribution is 2.28. The fourth-order valence-corrected chi connectivity index (χ4v) is 4.41. The fraction of sp³-hybridized carbons (Fsp3) is 0.208. The van der Waals surface area contributed by atoms with Crippen LogP contribution in [-0.2, 0) is 9.53 Å². The minimum absolute atomic E-state index is 0.169. The molecule has 172 valence electrons. The minimum Gasteiger partial charge on any atom is -0.483 e. The third-order valence-corrected chi connectivity index (χ3v) is 5.84. The van der Waals surface area contributed by atoms with Gasteiger partial charge in [-0.1, -0.05) is 22.0 Å². The number of carbonyl (C=O) groups is 2. The van der Waals surface area contributed by atoms with Gasteiger partial charge >= 0.3 is 5.97 Å². The Bertz CT molecular complexity index is 1200. The molecule has 3 rings (SSSR count). The molecule has 33 heavy (non-hydrogen) atoms. The van der Waals surface area contributed by atoms with E-state index in [1.165, 1.54) is 0 Å². The molecule has 7 nitrogen and oxygen atoms in total. The van der Waals surface area contributed by atoms with E-state index in [2.05, 4.69) is 42.4 Å². The van der Waals surface area contributed by atoms with Crippen LogP contribution in [0.3, 0.4) is 0 Å². The van der Waals surface area contributed by atoms with E-state index in [9.17, 15) is 9.59 Å². The fourth-order valence-electron chi connectivity index (χ4n) is 3.24. The van der Waals surface area contributed by atoms with Crippen molar-refractivity contribution in [1.29, 1.82) is 0 Å². The van der Waals surface area contributed by atoms with Crippen LogP contribution in [0.15, 0.2) is 62.6 Å². The van der Waals surface area contributed by atoms with E-state index >= 15 is 0 Å². The maximum absolute atomic E-state index is 12.1. The summed E-state index contributed by atoms with van der Waals surface area (Å²) in [5, 5.41) is 4.06. The van der Waals surface area contributed by atoms with Crippen molar-refractivity contribution in [3.05, 3.63) is 80.0 Å². The predicted molar refractivity (Wildman–Crippen MR) is 134 cm³/mol. The van der Waals surface area contributed by atoms with Gasteiger partial charge in [-0.05, 0) is 79.2 Å². The van der Waals surface area contributed by atoms with Gasteiger partial charge in [0.15, 0.2) is 6.61 Å². The smallest absolute Gasteiger partial charge is 0.338 e. The topological polar surface area (TPSA) is 81.9 Å². The third kappa shape index (κ3) is 6.33. The number of halogens is 2. The van der Waals surface area contributed by atoms with Gasteiger partial charge in [-0.25, -0.2) is 10.2 Å². The quantitative estimate of drug-likeness (QED) is 0.223. The van der Waals surface area contributed by atoms with Gasteiger partial charge < -0.3 is 14.0 Å². The maximum Gasteiger partial charge on any atom is 0.338 e. The number of esters is 1. The van der Waals surface area contributed by atoms with E-state index in [1.54, 1.807) is 31.3 Å². The van der Waals surface area contributed by atoms with Gasteiger partial charge in [-0.2, -0.15) is 5.10 Å². The van der Waals surface area contributed by atoms with Crippen LogP contribution in [0, 0.1) is 13.8 Å². The van der Waals surface area contributed by atoms with Gasteiger partial charge in [-0.3, -0.25) is 4.79 Å². The molecule has 0 aliphatic heterocycles. The summed E-state index contributed by atoms with van der Waals surface area (Å²) in [6.07, 6.45) is 1.58. The number of nitrogens with zero attached hydrogens (tertiary/aromatic N) is 2. The number of aromatic nitrogens is 1. The van der Waals surface area contributed by atoms with E-state index in [4.69, 9.17) is 9.47 Å². The Kier molecular flexibility index (Phi) is 8.46. The van der Waals surface area contributed by atoms with Crippen LogP contribution in [0.25, 0.3) is 5.69 Å². The van der Waals surface area contributed by atoms with Crippen molar-refractivity contribution in [3.8, 4) is 11.4 Å². The molecule has 3 aromatic rings. The molecule has 9 heteroatoms. The molecule has 0 aliphatic carbocycles. The molecule has 1 N–H and O–H groups in total. The Hall–Kier alpha value is -2.91. The molecule has 1 amide bonds. The number of aryl methyl sites for hydroxylation is 1. The summed E-state index contributed by atoms with van der Waals surface area (Å²) in [5.41, 5.74) is 6.52. The number of ether oxygens (including phenoxy) is 2. The van der Waals surface area contributed by atoms with Crippen molar-refractivity contribution >= 4 is 50.0 Å². The summed E-state index contributed by atoms with van der Waals surface area (Å²) < 4.78 is 14.3. The van der Waals surface area contributed by atoms with Crippen LogP contribution in [0.2, 0.25) is 0 Å². The van der Waals surface area contributed by atoms with Gasteiger partial charge in [0.05, 0.1) is 22.9 Å². The lowest BCUT2D eigenvalue weighted by Gasteiger charge is -2.11. The molecular weight excluding hydrogens is 554 g/mol. The first-order valence-corrected chi connectivity index (χ1v) is 11.7. The Morgan fingerprint density at radius 3 is 2.64 bits per heavy atom. The molecule has 0 unspecified atom stereocenters. The van der Waals surface area contributed by atoms with Crippen LogP contribution in [0.4, 0.5) is 0 Å². The van der Waals surface area contributed by atoms with Gasteiger partial charge in [-0.15, -0.1) is 0 Å². The number of hydrogen-bond donors (Lipinski definition) is 1. The molecule has 0 aliphatic rings. The number of hydrogen-bond acceptors (Lipinski definition) is 5. The number of rotatable bonds is 8. The zero-order valence-corrected chi connectivity index (χ0v) is 21.6. The maximum atomic E-state index is 12.1.